The Kier molecular flexibility index (Phi) is 5.86. The van der Waals surface area contributed by atoms with Crippen molar-refractivity contribution in [2.45, 2.75) is 6.54 Å². The number of aromatic nitrogens is 3. The van der Waals surface area contributed by atoms with Crippen molar-refractivity contribution in [1.29, 1.82) is 0 Å². The van der Waals surface area contributed by atoms with Crippen molar-refractivity contribution in [3.63, 3.8) is 0 Å². The molecule has 0 bridgehead atoms. The summed E-state index contributed by atoms with van der Waals surface area (Å²) in [6.07, 6.45) is 5.31. The molecule has 7 heteroatoms. The monoisotopic (exact) mass is 289 g/mol. The van der Waals surface area contributed by atoms with Gasteiger partial charge in [0.2, 0.25) is 5.91 Å². The topological polar surface area (TPSA) is 81.1 Å². The van der Waals surface area contributed by atoms with E-state index in [2.05, 4.69) is 20.7 Å². The number of hydrogen-bond donors (Lipinski definition) is 2. The fourth-order valence-electron chi connectivity index (χ4n) is 1.75. The van der Waals surface area contributed by atoms with Gasteiger partial charge >= 0.3 is 0 Å². The first kappa shape index (κ1) is 15.1. The van der Waals surface area contributed by atoms with E-state index in [4.69, 9.17) is 4.74 Å². The van der Waals surface area contributed by atoms with Crippen LogP contribution in [0.1, 0.15) is 5.56 Å². The van der Waals surface area contributed by atoms with Gasteiger partial charge in [0.25, 0.3) is 0 Å². The molecule has 2 heterocycles. The van der Waals surface area contributed by atoms with Crippen molar-refractivity contribution >= 4 is 11.7 Å². The van der Waals surface area contributed by atoms with Crippen LogP contribution in [0.5, 0.6) is 0 Å². The molecular weight excluding hydrogens is 270 g/mol. The minimum Gasteiger partial charge on any atom is -0.383 e. The summed E-state index contributed by atoms with van der Waals surface area (Å²) in [7, 11) is 1.62. The van der Waals surface area contributed by atoms with E-state index in [1.165, 1.54) is 0 Å². The molecule has 0 atom stereocenters. The summed E-state index contributed by atoms with van der Waals surface area (Å²) in [5, 5.41) is 10.0. The lowest BCUT2D eigenvalue weighted by molar-refractivity contribution is -0.115. The second kappa shape index (κ2) is 8.13. The van der Waals surface area contributed by atoms with Crippen molar-refractivity contribution in [3.8, 4) is 0 Å². The molecule has 2 aromatic rings. The molecule has 112 valence electrons. The normalized spacial score (nSPS) is 10.5. The van der Waals surface area contributed by atoms with Gasteiger partial charge in [-0.05, 0) is 17.7 Å². The predicted molar refractivity (Wildman–Crippen MR) is 78.9 cm³/mol. The summed E-state index contributed by atoms with van der Waals surface area (Å²) >= 11 is 0. The predicted octanol–water partition coefficient (Wildman–Crippen LogP) is 0.501. The maximum atomic E-state index is 11.7. The third-order valence-electron chi connectivity index (χ3n) is 2.77. The van der Waals surface area contributed by atoms with Gasteiger partial charge in [-0.2, -0.15) is 5.10 Å². The summed E-state index contributed by atoms with van der Waals surface area (Å²) in [5.41, 5.74) is 1.10. The van der Waals surface area contributed by atoms with Crippen molar-refractivity contribution in [2.24, 2.45) is 0 Å². The van der Waals surface area contributed by atoms with Gasteiger partial charge in [0, 0.05) is 38.3 Å². The SMILES string of the molecule is COCCNCC(=O)Nc1ccn(Cc2ccncc2)n1. The smallest absolute Gasteiger partial charge is 0.239 e. The molecule has 0 aliphatic rings. The van der Waals surface area contributed by atoms with Gasteiger partial charge in [-0.1, -0.05) is 0 Å². The van der Waals surface area contributed by atoms with Crippen molar-refractivity contribution in [1.82, 2.24) is 20.1 Å². The third-order valence-corrected chi connectivity index (χ3v) is 2.77. The highest BCUT2D eigenvalue weighted by atomic mass is 16.5. The summed E-state index contributed by atoms with van der Waals surface area (Å²) < 4.78 is 6.65. The quantitative estimate of drug-likeness (QED) is 0.692. The van der Waals surface area contributed by atoms with E-state index in [9.17, 15) is 4.79 Å². The molecule has 0 saturated heterocycles. The van der Waals surface area contributed by atoms with E-state index in [0.29, 0.717) is 25.5 Å². The lowest BCUT2D eigenvalue weighted by Gasteiger charge is -2.04. The third kappa shape index (κ3) is 5.33. The van der Waals surface area contributed by atoms with Crippen LogP contribution in [0, 0.1) is 0 Å². The average molecular weight is 289 g/mol. The Bertz CT molecular complexity index is 556. The van der Waals surface area contributed by atoms with Gasteiger partial charge in [-0.15, -0.1) is 0 Å². The highest BCUT2D eigenvalue weighted by Crippen LogP contribution is 2.05. The average Bonchev–Trinajstić information content (AvgIpc) is 2.92. The molecular formula is C14H19N5O2. The molecule has 0 fully saturated rings. The Labute approximate surface area is 123 Å². The number of carbonyl (C=O) groups excluding carboxylic acids is 1. The molecule has 2 N–H and O–H groups in total. The zero-order valence-electron chi connectivity index (χ0n) is 12.0. The van der Waals surface area contributed by atoms with E-state index in [1.54, 1.807) is 30.3 Å². The van der Waals surface area contributed by atoms with Crippen LogP contribution < -0.4 is 10.6 Å². The van der Waals surface area contributed by atoms with Gasteiger partial charge in [0.15, 0.2) is 5.82 Å². The highest BCUT2D eigenvalue weighted by molar-refractivity contribution is 5.91. The van der Waals surface area contributed by atoms with Gasteiger partial charge in [0.1, 0.15) is 0 Å². The number of carbonyl (C=O) groups is 1. The number of anilines is 1. The van der Waals surface area contributed by atoms with Crippen LogP contribution in [0.4, 0.5) is 5.82 Å². The Balaban J connectivity index is 1.79. The minimum absolute atomic E-state index is 0.125. The van der Waals surface area contributed by atoms with Crippen molar-refractivity contribution in [3.05, 3.63) is 42.4 Å². The van der Waals surface area contributed by atoms with E-state index < -0.39 is 0 Å². The van der Waals surface area contributed by atoms with Crippen molar-refractivity contribution in [2.75, 3.05) is 32.1 Å². The van der Waals surface area contributed by atoms with Gasteiger partial charge in [-0.25, -0.2) is 0 Å². The molecule has 0 radical (unpaired) electrons. The molecule has 0 aliphatic heterocycles. The lowest BCUT2D eigenvalue weighted by Crippen LogP contribution is -2.30. The fraction of sp³-hybridized carbons (Fsp3) is 0.357. The molecule has 1 amide bonds. The molecule has 0 spiro atoms. The Morgan fingerprint density at radius 3 is 2.90 bits per heavy atom. The summed E-state index contributed by atoms with van der Waals surface area (Å²) in [4.78, 5) is 15.6. The number of nitrogens with zero attached hydrogens (tertiary/aromatic N) is 3. The number of amides is 1. The molecule has 2 aromatic heterocycles. The standard InChI is InChI=1S/C14H19N5O2/c1-21-9-7-16-10-14(20)17-13-4-8-19(18-13)11-12-2-5-15-6-3-12/h2-6,8,16H,7,9-11H2,1H3,(H,17,18,20). The Morgan fingerprint density at radius 1 is 1.33 bits per heavy atom. The van der Waals surface area contributed by atoms with Crippen LogP contribution in [0.2, 0.25) is 0 Å². The van der Waals surface area contributed by atoms with E-state index in [1.807, 2.05) is 18.3 Å². The maximum Gasteiger partial charge on any atom is 0.239 e. The second-order valence-corrected chi connectivity index (χ2v) is 4.47. The summed E-state index contributed by atoms with van der Waals surface area (Å²) in [6.45, 7) is 2.10. The number of methoxy groups -OCH3 is 1. The first-order valence-electron chi connectivity index (χ1n) is 6.70. The molecule has 0 unspecified atom stereocenters. The number of hydrogen-bond acceptors (Lipinski definition) is 5. The lowest BCUT2D eigenvalue weighted by atomic mass is 10.3. The maximum absolute atomic E-state index is 11.7. The Morgan fingerprint density at radius 2 is 2.14 bits per heavy atom. The summed E-state index contributed by atoms with van der Waals surface area (Å²) in [6, 6.07) is 5.63. The molecule has 0 aromatic carbocycles. The molecule has 0 aliphatic carbocycles. The van der Waals surface area contributed by atoms with Crippen LogP contribution in [-0.2, 0) is 16.1 Å². The number of ether oxygens (including phenoxy) is 1. The number of nitrogens with one attached hydrogen (secondary N) is 2. The van der Waals surface area contributed by atoms with E-state index in [-0.39, 0.29) is 12.5 Å². The van der Waals surface area contributed by atoms with Crippen LogP contribution in [-0.4, -0.2) is 47.5 Å². The fourth-order valence-corrected chi connectivity index (χ4v) is 1.75. The van der Waals surface area contributed by atoms with Crippen LogP contribution >= 0.6 is 0 Å². The highest BCUT2D eigenvalue weighted by Gasteiger charge is 2.05. The molecule has 21 heavy (non-hydrogen) atoms. The van der Waals surface area contributed by atoms with E-state index >= 15 is 0 Å². The molecule has 2 rings (SSSR count). The zero-order valence-corrected chi connectivity index (χ0v) is 12.0. The van der Waals surface area contributed by atoms with Gasteiger partial charge < -0.3 is 15.4 Å². The minimum atomic E-state index is -0.125. The van der Waals surface area contributed by atoms with Crippen LogP contribution in [0.3, 0.4) is 0 Å². The zero-order chi connectivity index (χ0) is 14.9. The number of pyridine rings is 1. The first-order valence-corrected chi connectivity index (χ1v) is 6.70. The summed E-state index contributed by atoms with van der Waals surface area (Å²) in [5.74, 6) is 0.419. The number of rotatable bonds is 8. The van der Waals surface area contributed by atoms with Gasteiger partial charge in [0.05, 0.1) is 19.7 Å². The van der Waals surface area contributed by atoms with Crippen LogP contribution in [0.15, 0.2) is 36.8 Å². The van der Waals surface area contributed by atoms with E-state index in [0.717, 1.165) is 5.56 Å². The van der Waals surface area contributed by atoms with Crippen molar-refractivity contribution < 1.29 is 9.53 Å². The largest absolute Gasteiger partial charge is 0.383 e. The van der Waals surface area contributed by atoms with Gasteiger partial charge in [-0.3, -0.25) is 14.5 Å². The molecule has 7 nitrogen and oxygen atoms in total. The molecule has 0 saturated carbocycles. The first-order chi connectivity index (χ1) is 10.3. The van der Waals surface area contributed by atoms with Crippen LogP contribution in [0.25, 0.3) is 0 Å². The second-order valence-electron chi connectivity index (χ2n) is 4.47. The Hall–Kier alpha value is -2.25.